The molecule has 2 N–H and O–H groups in total. The molecule has 1 aromatic heterocycles. The zero-order chi connectivity index (χ0) is 21.7. The van der Waals surface area contributed by atoms with Gasteiger partial charge in [-0.3, -0.25) is 10.1 Å². The van der Waals surface area contributed by atoms with Crippen molar-refractivity contribution in [3.8, 4) is 17.4 Å². The highest BCUT2D eigenvalue weighted by Gasteiger charge is 2.18. The van der Waals surface area contributed by atoms with Gasteiger partial charge in [0, 0.05) is 16.1 Å². The summed E-state index contributed by atoms with van der Waals surface area (Å²) in [5, 5.41) is 5.68. The quantitative estimate of drug-likeness (QED) is 0.496. The lowest BCUT2D eigenvalue weighted by Gasteiger charge is -2.11. The first-order chi connectivity index (χ1) is 14.4. The molecule has 3 rings (SSSR count). The van der Waals surface area contributed by atoms with Gasteiger partial charge >= 0.3 is 6.03 Å². The standard InChI is InChI=1S/C20H14Cl3N3O4/c1-29-16-4-2-3-15(23)18(16)19(27)26-20(28)25-13-5-6-17(24-10-13)30-14-8-11(21)7-12(22)9-14/h2-10H,1H3,(H2,25,26,27,28). The second-order valence-corrected chi connectivity index (χ2v) is 7.10. The van der Waals surface area contributed by atoms with E-state index in [4.69, 9.17) is 44.3 Å². The number of carbonyl (C=O) groups is 2. The molecule has 1 heterocycles. The highest BCUT2D eigenvalue weighted by atomic mass is 35.5. The van der Waals surface area contributed by atoms with Crippen LogP contribution in [-0.4, -0.2) is 24.0 Å². The molecule has 3 aromatic rings. The van der Waals surface area contributed by atoms with E-state index in [1.807, 2.05) is 0 Å². The zero-order valence-electron chi connectivity index (χ0n) is 15.4. The topological polar surface area (TPSA) is 89.5 Å². The van der Waals surface area contributed by atoms with E-state index in [0.717, 1.165) is 0 Å². The molecule has 0 spiro atoms. The summed E-state index contributed by atoms with van der Waals surface area (Å²) in [6.45, 7) is 0. The minimum absolute atomic E-state index is 0.0545. The van der Waals surface area contributed by atoms with Gasteiger partial charge in [-0.05, 0) is 36.4 Å². The van der Waals surface area contributed by atoms with Crippen LogP contribution in [0.4, 0.5) is 10.5 Å². The summed E-state index contributed by atoms with van der Waals surface area (Å²) in [6.07, 6.45) is 1.36. The summed E-state index contributed by atoms with van der Waals surface area (Å²) in [4.78, 5) is 28.6. The van der Waals surface area contributed by atoms with Gasteiger partial charge in [0.1, 0.15) is 17.1 Å². The van der Waals surface area contributed by atoms with E-state index in [0.29, 0.717) is 21.5 Å². The highest BCUT2D eigenvalue weighted by molar-refractivity contribution is 6.35. The maximum atomic E-state index is 12.4. The molecule has 2 aromatic carbocycles. The Morgan fingerprint density at radius 1 is 1.00 bits per heavy atom. The SMILES string of the molecule is COc1cccc(Cl)c1C(=O)NC(=O)Nc1ccc(Oc2cc(Cl)cc(Cl)c2)nc1. The predicted octanol–water partition coefficient (Wildman–Crippen LogP) is 5.80. The van der Waals surface area contributed by atoms with Gasteiger partial charge in [-0.2, -0.15) is 0 Å². The number of anilines is 1. The van der Waals surface area contributed by atoms with Crippen LogP contribution in [0.2, 0.25) is 15.1 Å². The molecule has 0 aliphatic heterocycles. The van der Waals surface area contributed by atoms with Gasteiger partial charge in [-0.25, -0.2) is 9.78 Å². The number of urea groups is 1. The normalized spacial score (nSPS) is 10.3. The van der Waals surface area contributed by atoms with Gasteiger partial charge in [0.2, 0.25) is 5.88 Å². The monoisotopic (exact) mass is 465 g/mol. The van der Waals surface area contributed by atoms with Gasteiger partial charge in [0.15, 0.2) is 0 Å². The molecule has 0 saturated carbocycles. The van der Waals surface area contributed by atoms with Crippen molar-refractivity contribution in [1.82, 2.24) is 10.3 Å². The molecular formula is C20H14Cl3N3O4. The van der Waals surface area contributed by atoms with E-state index >= 15 is 0 Å². The van der Waals surface area contributed by atoms with E-state index in [1.165, 1.54) is 25.4 Å². The largest absolute Gasteiger partial charge is 0.496 e. The summed E-state index contributed by atoms with van der Waals surface area (Å²) in [6, 6.07) is 11.8. The number of imide groups is 1. The van der Waals surface area contributed by atoms with Crippen LogP contribution >= 0.6 is 34.8 Å². The summed E-state index contributed by atoms with van der Waals surface area (Å²) < 4.78 is 10.7. The third kappa shape index (κ3) is 5.54. The van der Waals surface area contributed by atoms with Crippen molar-refractivity contribution in [3.63, 3.8) is 0 Å². The Morgan fingerprint density at radius 3 is 2.37 bits per heavy atom. The zero-order valence-corrected chi connectivity index (χ0v) is 17.7. The van der Waals surface area contributed by atoms with Crippen LogP contribution in [0.25, 0.3) is 0 Å². The van der Waals surface area contributed by atoms with Crippen molar-refractivity contribution < 1.29 is 19.1 Å². The first kappa shape index (κ1) is 21.7. The average molecular weight is 467 g/mol. The molecule has 10 heteroatoms. The number of amides is 3. The van der Waals surface area contributed by atoms with E-state index < -0.39 is 11.9 Å². The molecule has 30 heavy (non-hydrogen) atoms. The maximum Gasteiger partial charge on any atom is 0.326 e. The lowest BCUT2D eigenvalue weighted by Crippen LogP contribution is -2.34. The predicted molar refractivity (Wildman–Crippen MR) is 115 cm³/mol. The van der Waals surface area contributed by atoms with Crippen LogP contribution in [0.1, 0.15) is 10.4 Å². The second kappa shape index (κ2) is 9.67. The number of aromatic nitrogens is 1. The number of methoxy groups -OCH3 is 1. The van der Waals surface area contributed by atoms with Gasteiger partial charge in [0.05, 0.1) is 24.0 Å². The smallest absolute Gasteiger partial charge is 0.326 e. The first-order valence-electron chi connectivity index (χ1n) is 8.40. The number of nitrogens with one attached hydrogen (secondary N) is 2. The Morgan fingerprint density at radius 2 is 1.73 bits per heavy atom. The molecule has 0 unspecified atom stereocenters. The first-order valence-corrected chi connectivity index (χ1v) is 9.54. The Labute approximate surface area is 186 Å². The van der Waals surface area contributed by atoms with Crippen molar-refractivity contribution in [3.05, 3.63) is 75.4 Å². The molecule has 0 fully saturated rings. The van der Waals surface area contributed by atoms with Crippen LogP contribution in [0.5, 0.6) is 17.4 Å². The summed E-state index contributed by atoms with van der Waals surface area (Å²) in [5.74, 6) is 0.215. The highest BCUT2D eigenvalue weighted by Crippen LogP contribution is 2.28. The molecule has 0 aliphatic rings. The van der Waals surface area contributed by atoms with Gasteiger partial charge in [0.25, 0.3) is 5.91 Å². The van der Waals surface area contributed by atoms with Crippen LogP contribution in [0.15, 0.2) is 54.7 Å². The average Bonchev–Trinajstić information content (AvgIpc) is 2.68. The van der Waals surface area contributed by atoms with Gasteiger partial charge in [-0.1, -0.05) is 40.9 Å². The van der Waals surface area contributed by atoms with E-state index in [1.54, 1.807) is 36.4 Å². The molecule has 0 radical (unpaired) electrons. The van der Waals surface area contributed by atoms with Crippen molar-refractivity contribution in [1.29, 1.82) is 0 Å². The van der Waals surface area contributed by atoms with Crippen molar-refractivity contribution in [2.75, 3.05) is 12.4 Å². The molecular weight excluding hydrogens is 453 g/mol. The van der Waals surface area contributed by atoms with Crippen molar-refractivity contribution >= 4 is 52.4 Å². The Bertz CT molecular complexity index is 1070. The minimum atomic E-state index is -0.765. The van der Waals surface area contributed by atoms with E-state index in [9.17, 15) is 9.59 Å². The number of hydrogen-bond donors (Lipinski definition) is 2. The molecule has 0 atom stereocenters. The molecule has 0 bridgehead atoms. The molecule has 3 amide bonds. The lowest BCUT2D eigenvalue weighted by molar-refractivity contribution is 0.0964. The van der Waals surface area contributed by atoms with Gasteiger partial charge < -0.3 is 14.8 Å². The van der Waals surface area contributed by atoms with Crippen LogP contribution < -0.4 is 20.1 Å². The number of nitrogens with zero attached hydrogens (tertiary/aromatic N) is 1. The number of benzene rings is 2. The molecule has 154 valence electrons. The fraction of sp³-hybridized carbons (Fsp3) is 0.0500. The Balaban J connectivity index is 1.63. The minimum Gasteiger partial charge on any atom is -0.496 e. The third-order valence-electron chi connectivity index (χ3n) is 3.70. The summed E-state index contributed by atoms with van der Waals surface area (Å²) >= 11 is 17.9. The van der Waals surface area contributed by atoms with E-state index in [2.05, 4.69) is 15.6 Å². The number of halogens is 3. The fourth-order valence-corrected chi connectivity index (χ4v) is 3.20. The summed E-state index contributed by atoms with van der Waals surface area (Å²) in [7, 11) is 1.40. The number of ether oxygens (including phenoxy) is 2. The van der Waals surface area contributed by atoms with Crippen LogP contribution in [0, 0.1) is 0 Å². The Hall–Kier alpha value is -3.00. The second-order valence-electron chi connectivity index (χ2n) is 5.82. The van der Waals surface area contributed by atoms with Crippen molar-refractivity contribution in [2.45, 2.75) is 0 Å². The number of carbonyl (C=O) groups excluding carboxylic acids is 2. The molecule has 7 nitrogen and oxygen atoms in total. The fourth-order valence-electron chi connectivity index (χ4n) is 2.45. The number of hydrogen-bond acceptors (Lipinski definition) is 5. The van der Waals surface area contributed by atoms with Crippen molar-refractivity contribution in [2.24, 2.45) is 0 Å². The lowest BCUT2D eigenvalue weighted by atomic mass is 10.2. The number of pyridine rings is 1. The van der Waals surface area contributed by atoms with Crippen LogP contribution in [0.3, 0.4) is 0 Å². The van der Waals surface area contributed by atoms with E-state index in [-0.39, 0.29) is 22.2 Å². The van der Waals surface area contributed by atoms with Crippen LogP contribution in [-0.2, 0) is 0 Å². The van der Waals surface area contributed by atoms with Gasteiger partial charge in [-0.15, -0.1) is 0 Å². The maximum absolute atomic E-state index is 12.4. The summed E-state index contributed by atoms with van der Waals surface area (Å²) in [5.41, 5.74) is 0.391. The number of rotatable bonds is 5. The molecule has 0 saturated heterocycles. The Kier molecular flexibility index (Phi) is 6.99. The molecule has 0 aliphatic carbocycles. The third-order valence-corrected chi connectivity index (χ3v) is 4.45.